The second-order valence-corrected chi connectivity index (χ2v) is 4.43. The summed E-state index contributed by atoms with van der Waals surface area (Å²) >= 11 is 0. The number of unbranched alkanes of at least 4 members (excludes halogenated alkanes) is 1. The molecule has 0 rings (SSSR count). The molecule has 0 aliphatic heterocycles. The van der Waals surface area contributed by atoms with E-state index in [2.05, 4.69) is 45.6 Å². The Kier molecular flexibility index (Phi) is 5.46. The van der Waals surface area contributed by atoms with Crippen molar-refractivity contribution in [2.75, 3.05) is 48.3 Å². The van der Waals surface area contributed by atoms with Gasteiger partial charge in [-0.2, -0.15) is 5.43 Å². The molecule has 0 unspecified atom stereocenters. The van der Waals surface area contributed by atoms with Gasteiger partial charge in [-0.15, -0.1) is 0 Å². The Morgan fingerprint density at radius 2 is 1.67 bits per heavy atom. The monoisotopic (exact) mass is 174 g/mol. The van der Waals surface area contributed by atoms with Crippen molar-refractivity contribution in [2.45, 2.75) is 12.8 Å². The predicted molar refractivity (Wildman–Crippen MR) is 53.8 cm³/mol. The largest absolute Gasteiger partial charge is 0.309 e. The number of rotatable bonds is 6. The summed E-state index contributed by atoms with van der Waals surface area (Å²) in [5.41, 5.74) is 3.41. The molecule has 0 amide bonds. The summed E-state index contributed by atoms with van der Waals surface area (Å²) in [6, 6.07) is 0. The maximum atomic E-state index is 3.41. The van der Waals surface area contributed by atoms with Crippen LogP contribution in [0.15, 0.2) is 0 Å². The first-order chi connectivity index (χ1) is 5.42. The zero-order valence-corrected chi connectivity index (χ0v) is 9.22. The highest BCUT2D eigenvalue weighted by molar-refractivity contribution is 4.45. The molecule has 0 fully saturated rings. The van der Waals surface area contributed by atoms with E-state index in [4.69, 9.17) is 0 Å². The molecule has 3 heteroatoms. The normalized spacial score (nSPS) is 12.5. The van der Waals surface area contributed by atoms with E-state index < -0.39 is 0 Å². The van der Waals surface area contributed by atoms with Gasteiger partial charge in [0.25, 0.3) is 0 Å². The highest BCUT2D eigenvalue weighted by Gasteiger charge is 2.03. The van der Waals surface area contributed by atoms with Crippen molar-refractivity contribution in [1.82, 2.24) is 10.3 Å². The Morgan fingerprint density at radius 3 is 2.08 bits per heavy atom. The minimum atomic E-state index is 0.849. The zero-order chi connectivity index (χ0) is 9.61. The fourth-order valence-corrected chi connectivity index (χ4v) is 0.967. The van der Waals surface area contributed by atoms with Crippen LogP contribution in [0.5, 0.6) is 0 Å². The summed E-state index contributed by atoms with van der Waals surface area (Å²) < 4.78 is 0.849. The average molecular weight is 174 g/mol. The smallest absolute Gasteiger partial charge is 0.0853 e. The van der Waals surface area contributed by atoms with Crippen LogP contribution in [0, 0.1) is 0 Å². The number of quaternary nitrogens is 1. The summed E-state index contributed by atoms with van der Waals surface area (Å²) in [7, 11) is 10.7. The molecular weight excluding hydrogens is 150 g/mol. The first-order valence-corrected chi connectivity index (χ1v) is 4.63. The zero-order valence-electron chi connectivity index (χ0n) is 9.22. The Labute approximate surface area is 76.9 Å². The third-order valence-corrected chi connectivity index (χ3v) is 1.62. The van der Waals surface area contributed by atoms with Gasteiger partial charge in [-0.25, -0.2) is 0 Å². The molecule has 0 radical (unpaired) electrons. The van der Waals surface area contributed by atoms with Gasteiger partial charge >= 0.3 is 0 Å². The van der Waals surface area contributed by atoms with E-state index in [1.54, 1.807) is 0 Å². The molecule has 0 atom stereocenters. The topological polar surface area (TPSA) is 15.3 Å². The van der Waals surface area contributed by atoms with E-state index in [1.807, 2.05) is 0 Å². The lowest BCUT2D eigenvalue weighted by Crippen LogP contribution is -2.48. The van der Waals surface area contributed by atoms with Crippen LogP contribution in [0.2, 0.25) is 0 Å². The van der Waals surface area contributed by atoms with Crippen molar-refractivity contribution >= 4 is 0 Å². The van der Waals surface area contributed by atoms with Crippen molar-refractivity contribution in [3.63, 3.8) is 0 Å². The Hall–Kier alpha value is -0.120. The Bertz CT molecular complexity index is 105. The molecular formula is C9H24N3+. The maximum absolute atomic E-state index is 3.41. The Balaban J connectivity index is 3.12. The SMILES string of the molecule is CN(C)CCCCN[N+](C)(C)C. The van der Waals surface area contributed by atoms with Gasteiger partial charge < -0.3 is 4.90 Å². The fourth-order valence-electron chi connectivity index (χ4n) is 0.967. The molecule has 74 valence electrons. The van der Waals surface area contributed by atoms with E-state index in [1.165, 1.54) is 19.4 Å². The third-order valence-electron chi connectivity index (χ3n) is 1.62. The van der Waals surface area contributed by atoms with Crippen LogP contribution >= 0.6 is 0 Å². The van der Waals surface area contributed by atoms with Gasteiger partial charge in [0, 0.05) is 6.54 Å². The standard InChI is InChI=1S/C9H24N3/c1-11(2)9-7-6-8-10-12(3,4)5/h10H,6-9H2,1-5H3/q+1. The molecule has 0 aromatic heterocycles. The van der Waals surface area contributed by atoms with Gasteiger partial charge in [-0.3, -0.25) is 4.59 Å². The molecule has 0 aliphatic rings. The molecule has 0 aliphatic carbocycles. The van der Waals surface area contributed by atoms with Crippen molar-refractivity contribution in [3.8, 4) is 0 Å². The van der Waals surface area contributed by atoms with E-state index >= 15 is 0 Å². The van der Waals surface area contributed by atoms with E-state index in [0.29, 0.717) is 0 Å². The van der Waals surface area contributed by atoms with Crippen molar-refractivity contribution in [2.24, 2.45) is 0 Å². The first-order valence-electron chi connectivity index (χ1n) is 4.63. The lowest BCUT2D eigenvalue weighted by Gasteiger charge is -2.23. The van der Waals surface area contributed by atoms with E-state index in [-0.39, 0.29) is 0 Å². The summed E-state index contributed by atoms with van der Waals surface area (Å²) in [6.45, 7) is 2.30. The Morgan fingerprint density at radius 1 is 1.08 bits per heavy atom. The van der Waals surface area contributed by atoms with Gasteiger partial charge in [0.2, 0.25) is 0 Å². The number of hydrogen-bond donors (Lipinski definition) is 1. The number of nitrogens with zero attached hydrogens (tertiary/aromatic N) is 2. The quantitative estimate of drug-likeness (QED) is 0.359. The minimum Gasteiger partial charge on any atom is -0.309 e. The van der Waals surface area contributed by atoms with Gasteiger partial charge in [0.05, 0.1) is 21.1 Å². The highest BCUT2D eigenvalue weighted by atomic mass is 15.6. The van der Waals surface area contributed by atoms with E-state index in [0.717, 1.165) is 11.1 Å². The van der Waals surface area contributed by atoms with Crippen LogP contribution < -0.4 is 5.43 Å². The number of hydrogen-bond acceptors (Lipinski definition) is 2. The second-order valence-electron chi connectivity index (χ2n) is 4.43. The summed E-state index contributed by atoms with van der Waals surface area (Å²) in [6.07, 6.45) is 2.54. The average Bonchev–Trinajstić information content (AvgIpc) is 1.83. The van der Waals surface area contributed by atoms with Crippen LogP contribution in [-0.2, 0) is 0 Å². The van der Waals surface area contributed by atoms with E-state index in [9.17, 15) is 0 Å². The third kappa shape index (κ3) is 9.88. The first kappa shape index (κ1) is 11.9. The lowest BCUT2D eigenvalue weighted by atomic mass is 10.3. The van der Waals surface area contributed by atoms with Crippen molar-refractivity contribution in [3.05, 3.63) is 0 Å². The van der Waals surface area contributed by atoms with Gasteiger partial charge in [-0.05, 0) is 33.5 Å². The van der Waals surface area contributed by atoms with Crippen molar-refractivity contribution in [1.29, 1.82) is 0 Å². The van der Waals surface area contributed by atoms with Crippen LogP contribution in [-0.4, -0.2) is 57.8 Å². The van der Waals surface area contributed by atoms with Crippen LogP contribution in [0.3, 0.4) is 0 Å². The van der Waals surface area contributed by atoms with Gasteiger partial charge in [-0.1, -0.05) is 0 Å². The lowest BCUT2D eigenvalue weighted by molar-refractivity contribution is -0.915. The van der Waals surface area contributed by atoms with Crippen LogP contribution in [0.4, 0.5) is 0 Å². The van der Waals surface area contributed by atoms with Crippen LogP contribution in [0.25, 0.3) is 0 Å². The summed E-state index contributed by atoms with van der Waals surface area (Å²) in [5.74, 6) is 0. The molecule has 0 saturated heterocycles. The molecule has 3 nitrogen and oxygen atoms in total. The van der Waals surface area contributed by atoms with Crippen LogP contribution in [0.1, 0.15) is 12.8 Å². The molecule has 0 bridgehead atoms. The van der Waals surface area contributed by atoms with Crippen molar-refractivity contribution < 1.29 is 4.59 Å². The number of nitrogens with one attached hydrogen (secondary N) is 1. The molecule has 0 spiro atoms. The molecule has 0 aromatic rings. The summed E-state index contributed by atoms with van der Waals surface area (Å²) in [4.78, 5) is 2.23. The molecule has 12 heavy (non-hydrogen) atoms. The predicted octanol–water partition coefficient (Wildman–Crippen LogP) is 0.539. The molecule has 0 aromatic carbocycles. The second kappa shape index (κ2) is 5.51. The maximum Gasteiger partial charge on any atom is 0.0853 e. The fraction of sp³-hybridized carbons (Fsp3) is 1.00. The van der Waals surface area contributed by atoms with Gasteiger partial charge in [0.1, 0.15) is 0 Å². The summed E-state index contributed by atoms with van der Waals surface area (Å²) in [5, 5.41) is 0. The minimum absolute atomic E-state index is 0.849. The highest BCUT2D eigenvalue weighted by Crippen LogP contribution is 1.90. The molecule has 1 N–H and O–H groups in total. The van der Waals surface area contributed by atoms with Gasteiger partial charge in [0.15, 0.2) is 0 Å². The molecule has 0 heterocycles. The molecule has 0 saturated carbocycles.